The molecule has 1 N–H and O–H groups in total. The summed E-state index contributed by atoms with van der Waals surface area (Å²) in [6.07, 6.45) is 0.308. The van der Waals surface area contributed by atoms with Crippen molar-refractivity contribution in [3.8, 4) is 0 Å². The zero-order valence-electron chi connectivity index (χ0n) is 15.6. The van der Waals surface area contributed by atoms with Gasteiger partial charge in [-0.2, -0.15) is 0 Å². The summed E-state index contributed by atoms with van der Waals surface area (Å²) in [4.78, 5) is 29.2. The van der Waals surface area contributed by atoms with Crippen LogP contribution in [0.3, 0.4) is 0 Å². The maximum Gasteiger partial charge on any atom is 0.234 e. The summed E-state index contributed by atoms with van der Waals surface area (Å²) in [5.41, 5.74) is 2.55. The van der Waals surface area contributed by atoms with Crippen LogP contribution in [0.4, 0.5) is 4.39 Å². The van der Waals surface area contributed by atoms with Gasteiger partial charge in [0, 0.05) is 50.3 Å². The smallest absolute Gasteiger partial charge is 0.234 e. The molecule has 9 heteroatoms. The molecule has 2 aliphatic rings. The van der Waals surface area contributed by atoms with Gasteiger partial charge in [0.2, 0.25) is 5.91 Å². The molecule has 2 aromatic rings. The number of halogens is 3. The van der Waals surface area contributed by atoms with Crippen molar-refractivity contribution in [2.24, 2.45) is 0 Å². The van der Waals surface area contributed by atoms with Crippen molar-refractivity contribution in [1.29, 1.82) is 0 Å². The number of amides is 1. The number of hydrogen-bond donors (Lipinski definition) is 1. The molecule has 1 aromatic carbocycles. The lowest BCUT2D eigenvalue weighted by Crippen LogP contribution is -2.49. The SMILES string of the molecule is O=C(CN1CCN(Cc2cccc(F)c2)CC1)NC1CC(=O)c2c(Br)sc(Br)c21. The molecule has 4 rings (SSSR count). The van der Waals surface area contributed by atoms with Crippen LogP contribution in [-0.2, 0) is 11.3 Å². The van der Waals surface area contributed by atoms with E-state index in [0.717, 1.165) is 44.9 Å². The lowest BCUT2D eigenvalue weighted by Gasteiger charge is -2.34. The van der Waals surface area contributed by atoms with Crippen LogP contribution in [0.25, 0.3) is 0 Å². The molecule has 1 saturated heterocycles. The monoisotopic (exact) mass is 543 g/mol. The van der Waals surface area contributed by atoms with Gasteiger partial charge >= 0.3 is 0 Å². The number of nitrogens with zero attached hydrogens (tertiary/aromatic N) is 2. The summed E-state index contributed by atoms with van der Waals surface area (Å²) in [6, 6.07) is 6.42. The molecular weight excluding hydrogens is 525 g/mol. The number of thiophene rings is 1. The number of carbonyl (C=O) groups is 2. The molecule has 154 valence electrons. The van der Waals surface area contributed by atoms with Crippen LogP contribution in [-0.4, -0.2) is 54.2 Å². The van der Waals surface area contributed by atoms with Gasteiger partial charge in [-0.1, -0.05) is 12.1 Å². The van der Waals surface area contributed by atoms with Gasteiger partial charge in [-0.05, 0) is 49.6 Å². The first-order valence-corrected chi connectivity index (χ1v) is 11.8. The highest BCUT2D eigenvalue weighted by molar-refractivity contribution is 9.12. The van der Waals surface area contributed by atoms with E-state index in [4.69, 9.17) is 0 Å². The van der Waals surface area contributed by atoms with Crippen molar-refractivity contribution < 1.29 is 14.0 Å². The fourth-order valence-electron chi connectivity index (χ4n) is 3.91. The van der Waals surface area contributed by atoms with Crippen LogP contribution >= 0.6 is 43.2 Å². The molecule has 5 nitrogen and oxygen atoms in total. The Bertz CT molecular complexity index is 944. The number of hydrogen-bond acceptors (Lipinski definition) is 5. The van der Waals surface area contributed by atoms with Crippen LogP contribution in [0, 0.1) is 5.82 Å². The molecule has 0 saturated carbocycles. The van der Waals surface area contributed by atoms with E-state index in [-0.39, 0.29) is 23.5 Å². The van der Waals surface area contributed by atoms with E-state index in [9.17, 15) is 14.0 Å². The first-order chi connectivity index (χ1) is 13.9. The number of ketones is 1. The van der Waals surface area contributed by atoms with Crippen LogP contribution < -0.4 is 5.32 Å². The highest BCUT2D eigenvalue weighted by Gasteiger charge is 2.36. The standard InChI is InChI=1S/C20H20Br2FN3O2S/c21-19-17-14(9-15(27)18(17)20(22)29-19)24-16(28)11-26-6-4-25(5-7-26)10-12-2-1-3-13(23)8-12/h1-3,8,14H,4-7,9-11H2,(H,24,28). The maximum atomic E-state index is 13.3. The highest BCUT2D eigenvalue weighted by Crippen LogP contribution is 2.46. The van der Waals surface area contributed by atoms with Crippen LogP contribution in [0.2, 0.25) is 0 Å². The topological polar surface area (TPSA) is 52.7 Å². The third-order valence-corrected chi connectivity index (χ3v) is 7.91. The Morgan fingerprint density at radius 3 is 2.62 bits per heavy atom. The minimum absolute atomic E-state index is 0.0603. The Labute approximate surface area is 189 Å². The summed E-state index contributed by atoms with van der Waals surface area (Å²) in [5.74, 6) is -0.218. The van der Waals surface area contributed by atoms with Crippen LogP contribution in [0.15, 0.2) is 31.8 Å². The molecule has 1 aliphatic carbocycles. The second kappa shape index (κ2) is 8.93. The molecule has 1 aromatic heterocycles. The molecule has 2 heterocycles. The van der Waals surface area contributed by atoms with E-state index in [2.05, 4.69) is 47.0 Å². The van der Waals surface area contributed by atoms with E-state index >= 15 is 0 Å². The van der Waals surface area contributed by atoms with Gasteiger partial charge in [-0.25, -0.2) is 4.39 Å². The Kier molecular flexibility index (Phi) is 6.50. The van der Waals surface area contributed by atoms with E-state index < -0.39 is 0 Å². The average Bonchev–Trinajstić information content (AvgIpc) is 3.15. The van der Waals surface area contributed by atoms with Gasteiger partial charge in [0.05, 0.1) is 20.2 Å². The molecule has 1 atom stereocenters. The number of rotatable bonds is 5. The summed E-state index contributed by atoms with van der Waals surface area (Å²) < 4.78 is 15.0. The minimum atomic E-state index is -0.267. The van der Waals surface area contributed by atoms with Crippen molar-refractivity contribution in [3.63, 3.8) is 0 Å². The third kappa shape index (κ3) is 4.80. The summed E-state index contributed by atoms with van der Waals surface area (Å²) in [7, 11) is 0. The first kappa shape index (κ1) is 21.1. The average molecular weight is 545 g/mol. The van der Waals surface area contributed by atoms with Crippen molar-refractivity contribution in [1.82, 2.24) is 15.1 Å². The molecule has 1 amide bonds. The number of piperazine rings is 1. The quantitative estimate of drug-likeness (QED) is 0.619. The zero-order chi connectivity index (χ0) is 20.5. The summed E-state index contributed by atoms with van der Waals surface area (Å²) >= 11 is 8.41. The molecule has 29 heavy (non-hydrogen) atoms. The van der Waals surface area contributed by atoms with Gasteiger partial charge in [-0.15, -0.1) is 11.3 Å². The number of nitrogens with one attached hydrogen (secondary N) is 1. The summed E-state index contributed by atoms with van der Waals surface area (Å²) in [5, 5.41) is 3.02. The first-order valence-electron chi connectivity index (χ1n) is 9.40. The van der Waals surface area contributed by atoms with Crippen LogP contribution in [0.5, 0.6) is 0 Å². The Balaban J connectivity index is 1.27. The van der Waals surface area contributed by atoms with Gasteiger partial charge < -0.3 is 5.32 Å². The number of carbonyl (C=O) groups excluding carboxylic acids is 2. The van der Waals surface area contributed by atoms with Gasteiger partial charge in [0.15, 0.2) is 5.78 Å². The number of benzene rings is 1. The van der Waals surface area contributed by atoms with Gasteiger partial charge in [0.1, 0.15) is 5.82 Å². The molecule has 0 bridgehead atoms. The van der Waals surface area contributed by atoms with Crippen molar-refractivity contribution in [2.45, 2.75) is 19.0 Å². The number of Topliss-reactive ketones (excluding diaryl/α,β-unsaturated/α-hetero) is 1. The second-order valence-corrected chi connectivity index (χ2v) is 11.0. The largest absolute Gasteiger partial charge is 0.348 e. The van der Waals surface area contributed by atoms with Crippen molar-refractivity contribution in [2.75, 3.05) is 32.7 Å². The third-order valence-electron chi connectivity index (χ3n) is 5.34. The lowest BCUT2D eigenvalue weighted by molar-refractivity contribution is -0.123. The molecule has 1 aliphatic heterocycles. The highest BCUT2D eigenvalue weighted by atomic mass is 79.9. The maximum absolute atomic E-state index is 13.3. The molecule has 1 unspecified atom stereocenters. The van der Waals surface area contributed by atoms with Crippen molar-refractivity contribution >= 4 is 54.9 Å². The van der Waals surface area contributed by atoms with E-state index in [1.54, 1.807) is 12.1 Å². The predicted molar refractivity (Wildman–Crippen MR) is 118 cm³/mol. The zero-order valence-corrected chi connectivity index (χ0v) is 19.6. The summed E-state index contributed by atoms with van der Waals surface area (Å²) in [6.45, 7) is 4.26. The minimum Gasteiger partial charge on any atom is -0.348 e. The van der Waals surface area contributed by atoms with E-state index in [1.807, 2.05) is 6.07 Å². The fourth-order valence-corrected chi connectivity index (χ4v) is 7.28. The molecule has 1 fully saturated rings. The molecule has 0 spiro atoms. The predicted octanol–water partition coefficient (Wildman–Crippen LogP) is 3.97. The van der Waals surface area contributed by atoms with Gasteiger partial charge in [-0.3, -0.25) is 19.4 Å². The fraction of sp³-hybridized carbons (Fsp3) is 0.400. The van der Waals surface area contributed by atoms with E-state index in [0.29, 0.717) is 25.1 Å². The molecular formula is C20H20Br2FN3O2S. The number of fused-ring (bicyclic) bond motifs is 1. The Morgan fingerprint density at radius 2 is 1.90 bits per heavy atom. The van der Waals surface area contributed by atoms with Gasteiger partial charge in [0.25, 0.3) is 0 Å². The normalized spacial score (nSPS) is 20.1. The lowest BCUT2D eigenvalue weighted by atomic mass is 10.2. The van der Waals surface area contributed by atoms with E-state index in [1.165, 1.54) is 17.4 Å². The Morgan fingerprint density at radius 1 is 1.17 bits per heavy atom. The van der Waals surface area contributed by atoms with Crippen LogP contribution in [0.1, 0.15) is 33.9 Å². The Hall–Kier alpha value is -1.13. The van der Waals surface area contributed by atoms with Crippen molar-refractivity contribution in [3.05, 3.63) is 54.3 Å². The second-order valence-electron chi connectivity index (χ2n) is 7.37. The molecule has 0 radical (unpaired) electrons.